The van der Waals surface area contributed by atoms with Gasteiger partial charge < -0.3 is 10.6 Å². The lowest BCUT2D eigenvalue weighted by Crippen LogP contribution is -2.38. The van der Waals surface area contributed by atoms with Gasteiger partial charge in [0.25, 0.3) is 0 Å². The van der Waals surface area contributed by atoms with E-state index in [1.54, 1.807) is 7.11 Å². The molecule has 0 aliphatic heterocycles. The zero-order valence-corrected chi connectivity index (χ0v) is 6.76. The molecule has 0 unspecified atom stereocenters. The minimum absolute atomic E-state index is 0.0754. The molecule has 1 fully saturated rings. The number of hydrogen-bond donors (Lipinski definition) is 1. The van der Waals surface area contributed by atoms with Crippen LogP contribution >= 0.6 is 0 Å². The topological polar surface area (TPSA) is 38.5 Å². The Labute approximate surface area is 62.1 Å². The van der Waals surface area contributed by atoms with Gasteiger partial charge in [0.1, 0.15) is 0 Å². The molecule has 1 aliphatic carbocycles. The maximum atomic E-state index is 5.88. The first-order valence-corrected chi connectivity index (χ1v) is 3.78. The van der Waals surface area contributed by atoms with E-state index < -0.39 is 0 Å². The van der Waals surface area contributed by atoms with E-state index in [0.29, 0.717) is 0 Å². The molecule has 0 aromatic rings. The zero-order chi connectivity index (χ0) is 7.61. The van der Waals surface area contributed by atoms with Gasteiger partial charge in [-0.1, -0.05) is 6.92 Å². The van der Waals surface area contributed by atoms with Gasteiger partial charge >= 0.3 is 0 Å². The normalized spacial score (nSPS) is 21.6. The molecule has 0 saturated heterocycles. The van der Waals surface area contributed by atoms with Gasteiger partial charge in [-0.05, 0) is 12.8 Å². The van der Waals surface area contributed by atoms with E-state index >= 15 is 0 Å². The maximum absolute atomic E-state index is 5.88. The van der Waals surface area contributed by atoms with Crippen molar-refractivity contribution in [3.8, 4) is 0 Å². The van der Waals surface area contributed by atoms with Crippen LogP contribution in [0.3, 0.4) is 0 Å². The molecule has 2 N–H and O–H groups in total. The summed E-state index contributed by atoms with van der Waals surface area (Å²) in [5, 5.41) is 1.90. The highest BCUT2D eigenvalue weighted by molar-refractivity contribution is 5.00. The first kappa shape index (κ1) is 7.98. The molecule has 0 aromatic heterocycles. The van der Waals surface area contributed by atoms with Crippen molar-refractivity contribution in [2.75, 3.05) is 20.2 Å². The molecular weight excluding hydrogens is 128 g/mol. The summed E-state index contributed by atoms with van der Waals surface area (Å²) in [5.74, 6) is 0. The lowest BCUT2D eigenvalue weighted by molar-refractivity contribution is -0.132. The molecule has 0 amide bonds. The standard InChI is InChI=1S/C7H16N2O/c1-3-9(10-2)6-7(8)4-5-7/h3-6,8H2,1-2H3. The first-order chi connectivity index (χ1) is 4.70. The molecular formula is C7H16N2O. The van der Waals surface area contributed by atoms with Crippen LogP contribution in [0.2, 0.25) is 0 Å². The summed E-state index contributed by atoms with van der Waals surface area (Å²) < 4.78 is 0. The predicted molar refractivity (Wildman–Crippen MR) is 40.4 cm³/mol. The van der Waals surface area contributed by atoms with Gasteiger partial charge in [0.15, 0.2) is 0 Å². The minimum Gasteiger partial charge on any atom is -0.324 e. The van der Waals surface area contributed by atoms with Crippen molar-refractivity contribution in [1.29, 1.82) is 0 Å². The van der Waals surface area contributed by atoms with E-state index in [0.717, 1.165) is 25.9 Å². The van der Waals surface area contributed by atoms with Crippen LogP contribution in [0.15, 0.2) is 0 Å². The fourth-order valence-electron chi connectivity index (χ4n) is 0.975. The van der Waals surface area contributed by atoms with Crippen molar-refractivity contribution >= 4 is 0 Å². The molecule has 3 nitrogen and oxygen atoms in total. The van der Waals surface area contributed by atoms with E-state index in [1.807, 2.05) is 5.06 Å². The van der Waals surface area contributed by atoms with Crippen LogP contribution < -0.4 is 5.73 Å². The molecule has 0 aromatic carbocycles. The van der Waals surface area contributed by atoms with E-state index in [9.17, 15) is 0 Å². The number of rotatable bonds is 4. The summed E-state index contributed by atoms with van der Waals surface area (Å²) in [6, 6.07) is 0. The second kappa shape index (κ2) is 2.86. The van der Waals surface area contributed by atoms with Crippen molar-refractivity contribution in [2.45, 2.75) is 25.3 Å². The highest BCUT2D eigenvalue weighted by Gasteiger charge is 2.39. The van der Waals surface area contributed by atoms with E-state index in [-0.39, 0.29) is 5.54 Å². The van der Waals surface area contributed by atoms with Crippen LogP contribution in [0.25, 0.3) is 0 Å². The number of likely N-dealkylation sites (N-methyl/N-ethyl adjacent to an activating group) is 1. The summed E-state index contributed by atoms with van der Waals surface area (Å²) in [6.07, 6.45) is 2.29. The number of hydrogen-bond acceptors (Lipinski definition) is 3. The van der Waals surface area contributed by atoms with Crippen LogP contribution in [-0.4, -0.2) is 30.8 Å². The van der Waals surface area contributed by atoms with Gasteiger partial charge in [0, 0.05) is 18.6 Å². The van der Waals surface area contributed by atoms with Gasteiger partial charge in [-0.3, -0.25) is 0 Å². The van der Waals surface area contributed by atoms with E-state index in [2.05, 4.69) is 6.92 Å². The van der Waals surface area contributed by atoms with E-state index in [4.69, 9.17) is 10.6 Å². The second-order valence-electron chi connectivity index (χ2n) is 3.00. The maximum Gasteiger partial charge on any atom is 0.0575 e. The van der Waals surface area contributed by atoms with Crippen LogP contribution in [-0.2, 0) is 4.84 Å². The Morgan fingerprint density at radius 1 is 1.60 bits per heavy atom. The molecule has 0 bridgehead atoms. The van der Waals surface area contributed by atoms with Crippen molar-refractivity contribution in [2.24, 2.45) is 5.73 Å². The van der Waals surface area contributed by atoms with Gasteiger partial charge in [0.05, 0.1) is 7.11 Å². The molecule has 0 spiro atoms. The quantitative estimate of drug-likeness (QED) is 0.579. The summed E-state index contributed by atoms with van der Waals surface area (Å²) >= 11 is 0. The Bertz CT molecular complexity index is 108. The number of nitrogens with zero attached hydrogens (tertiary/aromatic N) is 1. The Kier molecular flexibility index (Phi) is 2.28. The molecule has 1 saturated carbocycles. The highest BCUT2D eigenvalue weighted by Crippen LogP contribution is 2.32. The van der Waals surface area contributed by atoms with E-state index in [1.165, 1.54) is 0 Å². The largest absolute Gasteiger partial charge is 0.324 e. The third-order valence-corrected chi connectivity index (χ3v) is 1.99. The predicted octanol–water partition coefficient (Wildman–Crippen LogP) is 0.361. The number of hydroxylamine groups is 2. The Morgan fingerprint density at radius 3 is 2.50 bits per heavy atom. The lowest BCUT2D eigenvalue weighted by Gasteiger charge is -2.20. The first-order valence-electron chi connectivity index (χ1n) is 3.78. The Balaban J connectivity index is 2.21. The summed E-state index contributed by atoms with van der Waals surface area (Å²) in [4.78, 5) is 5.07. The summed E-state index contributed by atoms with van der Waals surface area (Å²) in [6.45, 7) is 3.85. The summed E-state index contributed by atoms with van der Waals surface area (Å²) in [5.41, 5.74) is 5.95. The van der Waals surface area contributed by atoms with Crippen LogP contribution in [0.4, 0.5) is 0 Å². The molecule has 0 heterocycles. The van der Waals surface area contributed by atoms with Gasteiger partial charge in [-0.25, -0.2) is 0 Å². The van der Waals surface area contributed by atoms with Crippen LogP contribution in [0, 0.1) is 0 Å². The zero-order valence-electron chi connectivity index (χ0n) is 6.76. The summed E-state index contributed by atoms with van der Waals surface area (Å²) in [7, 11) is 1.69. The fourth-order valence-corrected chi connectivity index (χ4v) is 0.975. The van der Waals surface area contributed by atoms with Crippen molar-refractivity contribution in [3.63, 3.8) is 0 Å². The van der Waals surface area contributed by atoms with Gasteiger partial charge in [-0.15, -0.1) is 0 Å². The molecule has 0 radical (unpaired) electrons. The minimum atomic E-state index is 0.0754. The van der Waals surface area contributed by atoms with Crippen molar-refractivity contribution < 1.29 is 4.84 Å². The Hall–Kier alpha value is -0.120. The molecule has 1 rings (SSSR count). The Morgan fingerprint density at radius 2 is 2.20 bits per heavy atom. The smallest absolute Gasteiger partial charge is 0.0575 e. The van der Waals surface area contributed by atoms with Crippen LogP contribution in [0.5, 0.6) is 0 Å². The van der Waals surface area contributed by atoms with Gasteiger partial charge in [0.2, 0.25) is 0 Å². The third kappa shape index (κ3) is 1.94. The average molecular weight is 144 g/mol. The molecule has 0 atom stereocenters. The molecule has 60 valence electrons. The van der Waals surface area contributed by atoms with Crippen molar-refractivity contribution in [3.05, 3.63) is 0 Å². The van der Waals surface area contributed by atoms with Gasteiger partial charge in [-0.2, -0.15) is 5.06 Å². The average Bonchev–Trinajstić information content (AvgIpc) is 2.64. The third-order valence-electron chi connectivity index (χ3n) is 1.99. The molecule has 10 heavy (non-hydrogen) atoms. The monoisotopic (exact) mass is 144 g/mol. The highest BCUT2D eigenvalue weighted by atomic mass is 16.7. The fraction of sp³-hybridized carbons (Fsp3) is 1.00. The van der Waals surface area contributed by atoms with Crippen molar-refractivity contribution in [1.82, 2.24) is 5.06 Å². The van der Waals surface area contributed by atoms with Crippen LogP contribution in [0.1, 0.15) is 19.8 Å². The molecule has 3 heteroatoms. The number of nitrogens with two attached hydrogens (primary N) is 1. The molecule has 1 aliphatic rings. The lowest BCUT2D eigenvalue weighted by atomic mass is 10.3. The second-order valence-corrected chi connectivity index (χ2v) is 3.00. The SMILES string of the molecule is CCN(CC1(N)CC1)OC.